The lowest BCUT2D eigenvalue weighted by atomic mass is 10.1. The highest BCUT2D eigenvalue weighted by Gasteiger charge is 2.29. The number of ether oxygens (including phenoxy) is 3. The Morgan fingerprint density at radius 3 is 2.97 bits per heavy atom. The molecule has 3 aromatic rings. The maximum Gasteiger partial charge on any atom is 0.255 e. The Kier molecular flexibility index (Phi) is 5.49. The van der Waals surface area contributed by atoms with Gasteiger partial charge < -0.3 is 29.4 Å². The highest BCUT2D eigenvalue weighted by Crippen LogP contribution is 2.47. The average molecular weight is 451 g/mol. The third-order valence-corrected chi connectivity index (χ3v) is 5.92. The topological polar surface area (TPSA) is 119 Å². The van der Waals surface area contributed by atoms with Crippen LogP contribution in [-0.4, -0.2) is 64.2 Å². The van der Waals surface area contributed by atoms with Crippen LogP contribution in [0.25, 0.3) is 22.3 Å². The van der Waals surface area contributed by atoms with Gasteiger partial charge in [0.15, 0.2) is 11.5 Å². The number of rotatable bonds is 6. The first-order valence-electron chi connectivity index (χ1n) is 11.1. The molecule has 1 saturated heterocycles. The van der Waals surface area contributed by atoms with Crippen molar-refractivity contribution >= 4 is 22.8 Å². The molecule has 2 N–H and O–H groups in total. The number of benzene rings is 1. The average Bonchev–Trinajstić information content (AvgIpc) is 3.57. The molecule has 172 valence electrons. The number of H-pyrrole nitrogens is 1. The van der Waals surface area contributed by atoms with Gasteiger partial charge in [-0.2, -0.15) is 0 Å². The smallest absolute Gasteiger partial charge is 0.255 e. The second kappa shape index (κ2) is 8.61. The van der Waals surface area contributed by atoms with Gasteiger partial charge in [-0.15, -0.1) is 0 Å². The molecule has 0 radical (unpaired) electrons. The van der Waals surface area contributed by atoms with E-state index in [1.165, 1.54) is 6.33 Å². The van der Waals surface area contributed by atoms with Crippen molar-refractivity contribution < 1.29 is 23.8 Å². The molecule has 10 heteroatoms. The number of amides is 2. The summed E-state index contributed by atoms with van der Waals surface area (Å²) in [5.74, 6) is 1.62. The Balaban J connectivity index is 1.47. The van der Waals surface area contributed by atoms with E-state index in [4.69, 9.17) is 14.2 Å². The third-order valence-electron chi connectivity index (χ3n) is 5.92. The van der Waals surface area contributed by atoms with Gasteiger partial charge in [-0.25, -0.2) is 9.97 Å². The van der Waals surface area contributed by atoms with Crippen LogP contribution in [0, 0.1) is 0 Å². The first-order chi connectivity index (χ1) is 16.1. The maximum atomic E-state index is 13.1. The normalized spacial score (nSPS) is 16.9. The van der Waals surface area contributed by atoms with Gasteiger partial charge in [-0.1, -0.05) is 6.92 Å². The Hall–Kier alpha value is -3.82. The van der Waals surface area contributed by atoms with Crippen molar-refractivity contribution in [2.24, 2.45) is 0 Å². The summed E-state index contributed by atoms with van der Waals surface area (Å²) in [6.07, 6.45) is 4.24. The molecular formula is C23H25N5O5. The molecule has 10 nitrogen and oxygen atoms in total. The van der Waals surface area contributed by atoms with Crippen LogP contribution >= 0.6 is 0 Å². The van der Waals surface area contributed by atoms with Crippen molar-refractivity contribution in [3.8, 4) is 28.5 Å². The summed E-state index contributed by atoms with van der Waals surface area (Å²) in [5.41, 5.74) is 2.72. The van der Waals surface area contributed by atoms with Crippen LogP contribution < -0.4 is 19.5 Å². The zero-order valence-corrected chi connectivity index (χ0v) is 18.5. The zero-order chi connectivity index (χ0) is 22.9. The highest BCUT2D eigenvalue weighted by molar-refractivity contribution is 6.08. The van der Waals surface area contributed by atoms with E-state index in [-0.39, 0.29) is 24.6 Å². The van der Waals surface area contributed by atoms with Gasteiger partial charge in [0.2, 0.25) is 12.7 Å². The summed E-state index contributed by atoms with van der Waals surface area (Å²) >= 11 is 0. The van der Waals surface area contributed by atoms with E-state index in [0.717, 1.165) is 6.42 Å². The number of carbonyl (C=O) groups is 2. The predicted molar refractivity (Wildman–Crippen MR) is 119 cm³/mol. The fraction of sp³-hybridized carbons (Fsp3) is 0.391. The minimum Gasteiger partial charge on any atom is -0.493 e. The lowest BCUT2D eigenvalue weighted by Gasteiger charge is -2.16. The Morgan fingerprint density at radius 2 is 2.15 bits per heavy atom. The number of fused-ring (bicyclic) bond motifs is 2. The molecule has 0 spiro atoms. The number of nitrogens with one attached hydrogen (secondary N) is 2. The van der Waals surface area contributed by atoms with E-state index in [9.17, 15) is 9.59 Å². The largest absolute Gasteiger partial charge is 0.493 e. The zero-order valence-electron chi connectivity index (χ0n) is 18.5. The van der Waals surface area contributed by atoms with Crippen molar-refractivity contribution in [2.45, 2.75) is 32.7 Å². The molecular weight excluding hydrogens is 426 g/mol. The Bertz CT molecular complexity index is 1220. The highest BCUT2D eigenvalue weighted by atomic mass is 16.7. The molecule has 5 rings (SSSR count). The predicted octanol–water partition coefficient (Wildman–Crippen LogP) is 2.49. The van der Waals surface area contributed by atoms with Gasteiger partial charge in [0.25, 0.3) is 5.91 Å². The van der Waals surface area contributed by atoms with Crippen molar-refractivity contribution in [3.05, 3.63) is 30.2 Å². The fourth-order valence-electron chi connectivity index (χ4n) is 4.35. The fourth-order valence-corrected chi connectivity index (χ4v) is 4.35. The summed E-state index contributed by atoms with van der Waals surface area (Å²) in [6.45, 7) is 5.50. The summed E-state index contributed by atoms with van der Waals surface area (Å²) in [7, 11) is 0. The number of carbonyl (C=O) groups excluding carboxylic acids is 2. The second-order valence-electron chi connectivity index (χ2n) is 7.91. The standard InChI is InChI=1S/C23H25N5O5/c1-3-17(29)28-8-7-13(10-28)27-23(30)14-9-24-21-19(14)25-11-26-20(21)18-15(31-4-2)5-6-16-22(18)33-12-32-16/h5-6,9,11,13,24H,3-4,7-8,10,12H2,1-2H3,(H,27,30)/t13-/m1/s1. The molecule has 33 heavy (non-hydrogen) atoms. The summed E-state index contributed by atoms with van der Waals surface area (Å²) < 4.78 is 17.1. The van der Waals surface area contributed by atoms with Gasteiger partial charge in [-0.3, -0.25) is 9.59 Å². The minimum atomic E-state index is -0.246. The summed E-state index contributed by atoms with van der Waals surface area (Å²) in [5, 5.41) is 3.03. The first-order valence-corrected chi connectivity index (χ1v) is 11.1. The van der Waals surface area contributed by atoms with Crippen LogP contribution in [0.2, 0.25) is 0 Å². The third kappa shape index (κ3) is 3.71. The molecule has 1 atom stereocenters. The van der Waals surface area contributed by atoms with Crippen LogP contribution in [0.1, 0.15) is 37.0 Å². The number of likely N-dealkylation sites (tertiary alicyclic amines) is 1. The molecule has 0 bridgehead atoms. The van der Waals surface area contributed by atoms with E-state index in [1.54, 1.807) is 17.2 Å². The van der Waals surface area contributed by atoms with Gasteiger partial charge in [0.1, 0.15) is 23.3 Å². The lowest BCUT2D eigenvalue weighted by Crippen LogP contribution is -2.38. The van der Waals surface area contributed by atoms with Gasteiger partial charge in [0.05, 0.1) is 23.3 Å². The summed E-state index contributed by atoms with van der Waals surface area (Å²) in [4.78, 5) is 38.8. The van der Waals surface area contributed by atoms with E-state index >= 15 is 0 Å². The van der Waals surface area contributed by atoms with E-state index in [0.29, 0.717) is 71.2 Å². The quantitative estimate of drug-likeness (QED) is 0.591. The molecule has 0 aliphatic carbocycles. The number of hydrogen-bond donors (Lipinski definition) is 2. The van der Waals surface area contributed by atoms with Crippen LogP contribution in [0.15, 0.2) is 24.7 Å². The molecule has 2 aliphatic heterocycles. The van der Waals surface area contributed by atoms with Crippen LogP contribution in [0.3, 0.4) is 0 Å². The molecule has 2 aliphatic rings. The first kappa shape index (κ1) is 21.0. The molecule has 4 heterocycles. The van der Waals surface area contributed by atoms with Crippen molar-refractivity contribution in [2.75, 3.05) is 26.5 Å². The lowest BCUT2D eigenvalue weighted by molar-refractivity contribution is -0.129. The van der Waals surface area contributed by atoms with E-state index in [2.05, 4.69) is 20.3 Å². The monoisotopic (exact) mass is 451 g/mol. The van der Waals surface area contributed by atoms with Gasteiger partial charge in [-0.05, 0) is 25.5 Å². The number of hydrogen-bond acceptors (Lipinski definition) is 7. The van der Waals surface area contributed by atoms with Crippen molar-refractivity contribution in [3.63, 3.8) is 0 Å². The SMILES string of the molecule is CCOc1ccc2c(c1-c1ncnc3c(C(=O)N[C@@H]4CCN(C(=O)CC)C4)c[nH]c13)OCO2. The molecule has 1 aromatic carbocycles. The van der Waals surface area contributed by atoms with Crippen molar-refractivity contribution in [1.82, 2.24) is 25.2 Å². The summed E-state index contributed by atoms with van der Waals surface area (Å²) in [6, 6.07) is 3.53. The van der Waals surface area contributed by atoms with Crippen molar-refractivity contribution in [1.29, 1.82) is 0 Å². The molecule has 0 saturated carbocycles. The number of aromatic amines is 1. The number of nitrogens with zero attached hydrogens (tertiary/aromatic N) is 3. The van der Waals surface area contributed by atoms with Crippen LogP contribution in [0.4, 0.5) is 0 Å². The van der Waals surface area contributed by atoms with Crippen LogP contribution in [0.5, 0.6) is 17.2 Å². The van der Waals surface area contributed by atoms with E-state index in [1.807, 2.05) is 19.9 Å². The Morgan fingerprint density at radius 1 is 1.27 bits per heavy atom. The number of aromatic nitrogens is 3. The molecule has 0 unspecified atom stereocenters. The molecule has 2 aromatic heterocycles. The Labute approximate surface area is 190 Å². The molecule has 1 fully saturated rings. The van der Waals surface area contributed by atoms with Gasteiger partial charge >= 0.3 is 0 Å². The second-order valence-corrected chi connectivity index (χ2v) is 7.91. The molecule has 2 amide bonds. The van der Waals surface area contributed by atoms with Crippen LogP contribution in [-0.2, 0) is 4.79 Å². The van der Waals surface area contributed by atoms with E-state index < -0.39 is 0 Å². The minimum absolute atomic E-state index is 0.0910. The maximum absolute atomic E-state index is 13.1. The van der Waals surface area contributed by atoms with Gasteiger partial charge in [0, 0.05) is 31.7 Å².